The van der Waals surface area contributed by atoms with Gasteiger partial charge in [0.15, 0.2) is 0 Å². The first-order valence-electron chi connectivity index (χ1n) is 8.85. The lowest BCUT2D eigenvalue weighted by Crippen LogP contribution is -2.41. The molecule has 8 heteroatoms. The molecule has 2 N–H and O–H groups in total. The first kappa shape index (κ1) is 18.8. The van der Waals surface area contributed by atoms with Crippen LogP contribution >= 0.6 is 0 Å². The van der Waals surface area contributed by atoms with Crippen molar-refractivity contribution in [1.82, 2.24) is 20.2 Å². The number of aryl methyl sites for hydroxylation is 1. The van der Waals surface area contributed by atoms with Gasteiger partial charge in [-0.3, -0.25) is 9.69 Å². The molecule has 1 aliphatic heterocycles. The summed E-state index contributed by atoms with van der Waals surface area (Å²) in [5.74, 6) is 0.0889. The van der Waals surface area contributed by atoms with E-state index >= 15 is 0 Å². The van der Waals surface area contributed by atoms with Gasteiger partial charge in [-0.25, -0.2) is 9.97 Å². The van der Waals surface area contributed by atoms with Crippen LogP contribution < -0.4 is 10.6 Å². The van der Waals surface area contributed by atoms with Crippen LogP contribution in [0.5, 0.6) is 0 Å². The van der Waals surface area contributed by atoms with Gasteiger partial charge in [-0.2, -0.15) is 5.26 Å². The maximum Gasteiger partial charge on any atom is 0.270 e. The maximum atomic E-state index is 12.4. The van der Waals surface area contributed by atoms with Gasteiger partial charge in [0.25, 0.3) is 5.91 Å². The van der Waals surface area contributed by atoms with Crippen molar-refractivity contribution < 1.29 is 9.53 Å². The third-order valence-corrected chi connectivity index (χ3v) is 4.15. The summed E-state index contributed by atoms with van der Waals surface area (Å²) in [5, 5.41) is 14.9. The van der Waals surface area contributed by atoms with Crippen LogP contribution in [-0.4, -0.2) is 60.2 Å². The first-order chi connectivity index (χ1) is 13.1. The van der Waals surface area contributed by atoms with Gasteiger partial charge in [-0.15, -0.1) is 0 Å². The molecule has 3 rings (SSSR count). The van der Waals surface area contributed by atoms with Crippen LogP contribution in [0.3, 0.4) is 0 Å². The summed E-state index contributed by atoms with van der Waals surface area (Å²) in [4.78, 5) is 23.3. The molecule has 1 aliphatic rings. The monoisotopic (exact) mass is 366 g/mol. The molecule has 2 heterocycles. The zero-order valence-electron chi connectivity index (χ0n) is 15.2. The standard InChI is InChI=1S/C19H22N6O2/c1-14-11-17(18(26)21-5-6-25-7-9-27-10-8-25)24-19(22-14)23-16-4-2-3-15(12-16)13-20/h2-4,11-12H,5-10H2,1H3,(H,21,26)(H,22,23,24). The number of hydrogen-bond donors (Lipinski definition) is 2. The normalized spacial score (nSPS) is 14.4. The van der Waals surface area contributed by atoms with E-state index in [1.54, 1.807) is 24.3 Å². The van der Waals surface area contributed by atoms with Gasteiger partial charge < -0.3 is 15.4 Å². The lowest BCUT2D eigenvalue weighted by atomic mass is 10.2. The van der Waals surface area contributed by atoms with Crippen molar-refractivity contribution in [2.24, 2.45) is 0 Å². The third kappa shape index (κ3) is 5.48. The van der Waals surface area contributed by atoms with Gasteiger partial charge in [-0.1, -0.05) is 6.07 Å². The Balaban J connectivity index is 1.61. The highest BCUT2D eigenvalue weighted by molar-refractivity contribution is 5.92. The zero-order chi connectivity index (χ0) is 19.1. The smallest absolute Gasteiger partial charge is 0.270 e. The Hall–Kier alpha value is -3.02. The summed E-state index contributed by atoms with van der Waals surface area (Å²) >= 11 is 0. The number of carbonyl (C=O) groups is 1. The fourth-order valence-corrected chi connectivity index (χ4v) is 2.78. The molecular formula is C19H22N6O2. The number of nitrogens with zero attached hydrogens (tertiary/aromatic N) is 4. The topological polar surface area (TPSA) is 103 Å². The minimum absolute atomic E-state index is 0.234. The molecule has 1 aromatic heterocycles. The fraction of sp³-hybridized carbons (Fsp3) is 0.368. The Labute approximate surface area is 158 Å². The largest absolute Gasteiger partial charge is 0.379 e. The molecule has 0 spiro atoms. The van der Waals surface area contributed by atoms with Crippen LogP contribution in [0.15, 0.2) is 30.3 Å². The average molecular weight is 366 g/mol. The lowest BCUT2D eigenvalue weighted by Gasteiger charge is -2.26. The molecule has 0 unspecified atom stereocenters. The number of hydrogen-bond acceptors (Lipinski definition) is 7. The van der Waals surface area contributed by atoms with Crippen molar-refractivity contribution in [1.29, 1.82) is 5.26 Å². The summed E-state index contributed by atoms with van der Waals surface area (Å²) in [7, 11) is 0. The molecule has 1 fully saturated rings. The van der Waals surface area contributed by atoms with Crippen LogP contribution in [0.1, 0.15) is 21.7 Å². The molecule has 0 radical (unpaired) electrons. The summed E-state index contributed by atoms with van der Waals surface area (Å²) in [5.41, 5.74) is 2.22. The molecule has 1 aromatic carbocycles. The van der Waals surface area contributed by atoms with Crippen molar-refractivity contribution in [3.63, 3.8) is 0 Å². The molecule has 140 valence electrons. The molecule has 0 bridgehead atoms. The Kier molecular flexibility index (Phi) is 6.30. The summed E-state index contributed by atoms with van der Waals surface area (Å²) in [6.45, 7) is 6.39. The summed E-state index contributed by atoms with van der Waals surface area (Å²) < 4.78 is 5.32. The molecule has 0 saturated carbocycles. The number of morpholine rings is 1. The Morgan fingerprint density at radius 1 is 1.30 bits per heavy atom. The van der Waals surface area contributed by atoms with Crippen LogP contribution in [0, 0.1) is 18.3 Å². The molecule has 2 aromatic rings. The number of ether oxygens (including phenoxy) is 1. The number of benzene rings is 1. The van der Waals surface area contributed by atoms with Crippen molar-refractivity contribution >= 4 is 17.5 Å². The third-order valence-electron chi connectivity index (χ3n) is 4.15. The molecule has 27 heavy (non-hydrogen) atoms. The Bertz CT molecular complexity index is 842. The van der Waals surface area contributed by atoms with Gasteiger partial charge in [0.1, 0.15) is 5.69 Å². The molecular weight excluding hydrogens is 344 g/mol. The van der Waals surface area contributed by atoms with Crippen LogP contribution in [0.2, 0.25) is 0 Å². The molecule has 1 amide bonds. The second kappa shape index (κ2) is 9.07. The highest BCUT2D eigenvalue weighted by atomic mass is 16.5. The minimum atomic E-state index is -0.234. The van der Waals surface area contributed by atoms with E-state index in [0.717, 1.165) is 32.8 Å². The van der Waals surface area contributed by atoms with E-state index in [-0.39, 0.29) is 5.91 Å². The maximum absolute atomic E-state index is 12.4. The van der Waals surface area contributed by atoms with E-state index in [9.17, 15) is 4.79 Å². The van der Waals surface area contributed by atoms with Crippen molar-refractivity contribution in [3.05, 3.63) is 47.3 Å². The Morgan fingerprint density at radius 2 is 2.11 bits per heavy atom. The van der Waals surface area contributed by atoms with E-state index < -0.39 is 0 Å². The summed E-state index contributed by atoms with van der Waals surface area (Å²) in [6, 6.07) is 10.7. The highest BCUT2D eigenvalue weighted by Crippen LogP contribution is 2.15. The Morgan fingerprint density at radius 3 is 2.89 bits per heavy atom. The van der Waals surface area contributed by atoms with E-state index in [1.165, 1.54) is 0 Å². The van der Waals surface area contributed by atoms with Gasteiger partial charge >= 0.3 is 0 Å². The number of aromatic nitrogens is 2. The molecule has 0 aliphatic carbocycles. The average Bonchev–Trinajstić information content (AvgIpc) is 2.68. The van der Waals surface area contributed by atoms with Crippen molar-refractivity contribution in [3.8, 4) is 6.07 Å². The van der Waals surface area contributed by atoms with E-state index in [1.807, 2.05) is 13.0 Å². The number of rotatable bonds is 6. The SMILES string of the molecule is Cc1cc(C(=O)NCCN2CCOCC2)nc(Nc2cccc(C#N)c2)n1. The number of carbonyl (C=O) groups excluding carboxylic acids is 1. The van der Waals surface area contributed by atoms with Crippen molar-refractivity contribution in [2.45, 2.75) is 6.92 Å². The number of anilines is 2. The highest BCUT2D eigenvalue weighted by Gasteiger charge is 2.13. The van der Waals surface area contributed by atoms with Gasteiger partial charge in [0.2, 0.25) is 5.95 Å². The van der Waals surface area contributed by atoms with Gasteiger partial charge in [-0.05, 0) is 31.2 Å². The molecule has 0 atom stereocenters. The fourth-order valence-electron chi connectivity index (χ4n) is 2.78. The quantitative estimate of drug-likeness (QED) is 0.798. The zero-order valence-corrected chi connectivity index (χ0v) is 15.2. The number of amides is 1. The number of nitriles is 1. The second-order valence-corrected chi connectivity index (χ2v) is 6.25. The minimum Gasteiger partial charge on any atom is -0.379 e. The summed E-state index contributed by atoms with van der Waals surface area (Å²) in [6.07, 6.45) is 0. The van der Waals surface area contributed by atoms with Gasteiger partial charge in [0, 0.05) is 37.6 Å². The lowest BCUT2D eigenvalue weighted by molar-refractivity contribution is 0.0383. The number of nitrogens with one attached hydrogen (secondary N) is 2. The van der Waals surface area contributed by atoms with Crippen molar-refractivity contribution in [2.75, 3.05) is 44.7 Å². The van der Waals surface area contributed by atoms with E-state index in [2.05, 4.69) is 31.6 Å². The van der Waals surface area contributed by atoms with Crippen LogP contribution in [0.4, 0.5) is 11.6 Å². The van der Waals surface area contributed by atoms with Crippen LogP contribution in [-0.2, 0) is 4.74 Å². The second-order valence-electron chi connectivity index (χ2n) is 6.25. The predicted molar refractivity (Wildman–Crippen MR) is 101 cm³/mol. The molecule has 8 nitrogen and oxygen atoms in total. The molecule has 1 saturated heterocycles. The van der Waals surface area contributed by atoms with Gasteiger partial charge in [0.05, 0.1) is 24.8 Å². The van der Waals surface area contributed by atoms with Crippen LogP contribution in [0.25, 0.3) is 0 Å². The predicted octanol–water partition coefficient (Wildman–Crippen LogP) is 1.46. The van der Waals surface area contributed by atoms with E-state index in [4.69, 9.17) is 10.00 Å². The first-order valence-corrected chi connectivity index (χ1v) is 8.85. The van der Waals surface area contributed by atoms with E-state index in [0.29, 0.717) is 35.1 Å².